The summed E-state index contributed by atoms with van der Waals surface area (Å²) in [6.45, 7) is 1.62. The molecule has 1 atom stereocenters. The van der Waals surface area contributed by atoms with Crippen molar-refractivity contribution in [2.75, 3.05) is 0 Å². The summed E-state index contributed by atoms with van der Waals surface area (Å²) in [5.74, 6) is -2.25. The van der Waals surface area contributed by atoms with Crippen molar-refractivity contribution in [3.8, 4) is 0 Å². The van der Waals surface area contributed by atoms with Crippen LogP contribution in [0.1, 0.15) is 51.6 Å². The Balaban J connectivity index is 2.54. The number of nitrogens with zero attached hydrogens (tertiary/aromatic N) is 1. The second-order valence-electron chi connectivity index (χ2n) is 4.67. The Morgan fingerprint density at radius 1 is 1.27 bits per heavy atom. The van der Waals surface area contributed by atoms with Gasteiger partial charge in [-0.3, -0.25) is 4.79 Å². The molecule has 1 heterocycles. The maximum absolute atomic E-state index is 13.7. The highest BCUT2D eigenvalue weighted by Crippen LogP contribution is 2.24. The van der Waals surface area contributed by atoms with Crippen LogP contribution in [0.2, 0.25) is 0 Å². The van der Waals surface area contributed by atoms with Gasteiger partial charge < -0.3 is 10.2 Å². The lowest BCUT2D eigenvalue weighted by atomic mass is 10.0. The highest BCUT2D eigenvalue weighted by Gasteiger charge is 2.20. The van der Waals surface area contributed by atoms with E-state index in [9.17, 15) is 19.1 Å². The van der Waals surface area contributed by atoms with Crippen LogP contribution < -0.4 is 0 Å². The first-order valence-electron chi connectivity index (χ1n) is 6.65. The zero-order valence-corrected chi connectivity index (χ0v) is 11.8. The summed E-state index contributed by atoms with van der Waals surface area (Å²) < 4.78 is 13.7. The smallest absolute Gasteiger partial charge is 0.335 e. The summed E-state index contributed by atoms with van der Waals surface area (Å²) in [5, 5.41) is 19.4. The van der Waals surface area contributed by atoms with Crippen LogP contribution in [0.5, 0.6) is 0 Å². The van der Waals surface area contributed by atoms with Crippen LogP contribution in [0.25, 0.3) is 0 Å². The van der Waals surface area contributed by atoms with Gasteiger partial charge in [0.1, 0.15) is 17.6 Å². The molecule has 0 fully saturated rings. The van der Waals surface area contributed by atoms with Crippen LogP contribution in [0.4, 0.5) is 4.39 Å². The second kappa shape index (κ2) is 6.44. The van der Waals surface area contributed by atoms with Crippen molar-refractivity contribution >= 4 is 11.8 Å². The van der Waals surface area contributed by atoms with Crippen LogP contribution >= 0.6 is 0 Å². The maximum Gasteiger partial charge on any atom is 0.335 e. The summed E-state index contributed by atoms with van der Waals surface area (Å²) in [7, 11) is 0. The molecule has 1 unspecified atom stereocenters. The molecule has 22 heavy (non-hydrogen) atoms. The minimum atomic E-state index is -1.45. The fraction of sp³-hybridized carbons (Fsp3) is 0.188. The number of hydrogen-bond acceptors (Lipinski definition) is 4. The topological polar surface area (TPSA) is 87.5 Å². The Hall–Kier alpha value is -2.60. The molecule has 0 saturated heterocycles. The first kappa shape index (κ1) is 15.8. The van der Waals surface area contributed by atoms with Gasteiger partial charge in [-0.25, -0.2) is 14.2 Å². The summed E-state index contributed by atoms with van der Waals surface area (Å²) in [6, 6.07) is 7.84. The van der Waals surface area contributed by atoms with Crippen LogP contribution in [0.3, 0.4) is 0 Å². The van der Waals surface area contributed by atoms with E-state index in [0.29, 0.717) is 0 Å². The van der Waals surface area contributed by atoms with Crippen molar-refractivity contribution in [2.24, 2.45) is 0 Å². The number of ketones is 1. The fourth-order valence-corrected chi connectivity index (χ4v) is 2.00. The number of Topliss-reactive ketones (excluding diaryl/α,β-unsaturated/α-hetero) is 1. The van der Waals surface area contributed by atoms with Gasteiger partial charge in [-0.2, -0.15) is 0 Å². The first-order chi connectivity index (χ1) is 10.4. The number of aromatic nitrogens is 1. The van der Waals surface area contributed by atoms with Crippen molar-refractivity contribution in [3.63, 3.8) is 0 Å². The molecule has 0 amide bonds. The first-order valence-corrected chi connectivity index (χ1v) is 6.65. The number of carbonyl (C=O) groups is 2. The number of aliphatic hydroxyl groups excluding tert-OH is 1. The van der Waals surface area contributed by atoms with E-state index >= 15 is 0 Å². The van der Waals surface area contributed by atoms with Gasteiger partial charge >= 0.3 is 5.97 Å². The Morgan fingerprint density at radius 3 is 2.55 bits per heavy atom. The van der Waals surface area contributed by atoms with E-state index in [0.717, 1.165) is 12.1 Å². The molecule has 0 spiro atoms. The number of pyridine rings is 1. The SMILES string of the molecule is CCC(=O)c1cc(C(=O)O)cc(C(O)c2ccccc2F)n1. The van der Waals surface area contributed by atoms with Crippen LogP contribution in [-0.4, -0.2) is 26.9 Å². The molecule has 0 saturated carbocycles. The van der Waals surface area contributed by atoms with Crippen molar-refractivity contribution < 1.29 is 24.2 Å². The van der Waals surface area contributed by atoms with Crippen molar-refractivity contribution in [1.82, 2.24) is 4.98 Å². The third-order valence-corrected chi connectivity index (χ3v) is 3.18. The predicted octanol–water partition coefficient (Wildman–Crippen LogP) is 2.59. The van der Waals surface area contributed by atoms with Gasteiger partial charge in [-0.05, 0) is 18.2 Å². The normalized spacial score (nSPS) is 12.0. The molecular weight excluding hydrogens is 289 g/mol. The molecule has 2 rings (SSSR count). The molecule has 0 bridgehead atoms. The average Bonchev–Trinajstić information content (AvgIpc) is 2.53. The number of carbonyl (C=O) groups excluding carboxylic acids is 1. The highest BCUT2D eigenvalue weighted by molar-refractivity contribution is 5.97. The summed E-state index contributed by atoms with van der Waals surface area (Å²) in [4.78, 5) is 26.9. The monoisotopic (exact) mass is 303 g/mol. The summed E-state index contributed by atoms with van der Waals surface area (Å²) >= 11 is 0. The van der Waals surface area contributed by atoms with Gasteiger partial charge in [0.15, 0.2) is 5.78 Å². The Kier molecular flexibility index (Phi) is 4.62. The second-order valence-corrected chi connectivity index (χ2v) is 4.67. The number of rotatable bonds is 5. The lowest BCUT2D eigenvalue weighted by molar-refractivity contribution is 0.0696. The van der Waals surface area contributed by atoms with E-state index in [-0.39, 0.29) is 34.7 Å². The molecule has 0 aliphatic rings. The zero-order valence-electron chi connectivity index (χ0n) is 11.8. The molecule has 0 radical (unpaired) electrons. The molecule has 114 valence electrons. The van der Waals surface area contributed by atoms with Gasteiger partial charge in [0.2, 0.25) is 0 Å². The maximum atomic E-state index is 13.7. The quantitative estimate of drug-likeness (QED) is 0.829. The number of carboxylic acids is 1. The van der Waals surface area contributed by atoms with E-state index in [1.54, 1.807) is 13.0 Å². The Morgan fingerprint density at radius 2 is 1.95 bits per heavy atom. The number of halogens is 1. The third kappa shape index (κ3) is 3.17. The van der Waals surface area contributed by atoms with Crippen LogP contribution in [-0.2, 0) is 0 Å². The van der Waals surface area contributed by atoms with Gasteiger partial charge in [0.05, 0.1) is 11.3 Å². The molecule has 2 aromatic rings. The number of aromatic carboxylic acids is 1. The van der Waals surface area contributed by atoms with E-state index in [1.165, 1.54) is 18.2 Å². The lowest BCUT2D eigenvalue weighted by Gasteiger charge is -2.13. The van der Waals surface area contributed by atoms with Crippen LogP contribution in [0, 0.1) is 5.82 Å². The van der Waals surface area contributed by atoms with Crippen LogP contribution in [0.15, 0.2) is 36.4 Å². The molecule has 1 aromatic heterocycles. The average molecular weight is 303 g/mol. The number of hydrogen-bond donors (Lipinski definition) is 2. The van der Waals surface area contributed by atoms with E-state index in [4.69, 9.17) is 5.11 Å². The molecule has 1 aromatic carbocycles. The van der Waals surface area contributed by atoms with Gasteiger partial charge in [-0.1, -0.05) is 25.1 Å². The lowest BCUT2D eigenvalue weighted by Crippen LogP contribution is -2.12. The fourth-order valence-electron chi connectivity index (χ4n) is 2.00. The van der Waals surface area contributed by atoms with Crippen molar-refractivity contribution in [2.45, 2.75) is 19.4 Å². The summed E-state index contributed by atoms with van der Waals surface area (Å²) in [5.41, 5.74) is -0.362. The number of benzene rings is 1. The van der Waals surface area contributed by atoms with Gasteiger partial charge in [0, 0.05) is 12.0 Å². The third-order valence-electron chi connectivity index (χ3n) is 3.18. The highest BCUT2D eigenvalue weighted by atomic mass is 19.1. The standard InChI is InChI=1S/C16H14FNO4/c1-2-14(19)12-7-9(16(21)22)8-13(18-12)15(20)10-5-3-4-6-11(10)17/h3-8,15,20H,2H2,1H3,(H,21,22). The van der Waals surface area contributed by atoms with Crippen molar-refractivity contribution in [3.05, 3.63) is 64.7 Å². The van der Waals surface area contributed by atoms with Gasteiger partial charge in [0.25, 0.3) is 0 Å². The number of aliphatic hydroxyl groups is 1. The molecule has 5 nitrogen and oxygen atoms in total. The Bertz CT molecular complexity index is 730. The molecular formula is C16H14FNO4. The van der Waals surface area contributed by atoms with E-state index in [2.05, 4.69) is 4.98 Å². The van der Waals surface area contributed by atoms with Gasteiger partial charge in [-0.15, -0.1) is 0 Å². The van der Waals surface area contributed by atoms with E-state index in [1.807, 2.05) is 0 Å². The minimum absolute atomic E-state index is 0.0348. The molecule has 0 aliphatic carbocycles. The minimum Gasteiger partial charge on any atom is -0.478 e. The van der Waals surface area contributed by atoms with Crippen molar-refractivity contribution in [1.29, 1.82) is 0 Å². The predicted molar refractivity (Wildman–Crippen MR) is 76.3 cm³/mol. The molecule has 0 aliphatic heterocycles. The zero-order chi connectivity index (χ0) is 16.3. The van der Waals surface area contributed by atoms with E-state index < -0.39 is 17.9 Å². The summed E-state index contributed by atoms with van der Waals surface area (Å²) in [6.07, 6.45) is -1.31. The molecule has 6 heteroatoms. The number of carboxylic acid groups (broad SMARTS) is 1. The molecule has 2 N–H and O–H groups in total. The Labute approximate surface area is 126 Å². The largest absolute Gasteiger partial charge is 0.478 e.